The molecule has 1 atom stereocenters. The monoisotopic (exact) mass is 312 g/mol. The van der Waals surface area contributed by atoms with Gasteiger partial charge >= 0.3 is 5.97 Å². The Kier molecular flexibility index (Phi) is 7.20. The van der Waals surface area contributed by atoms with Gasteiger partial charge < -0.3 is 9.16 Å². The van der Waals surface area contributed by atoms with Crippen LogP contribution in [0.25, 0.3) is 0 Å². The van der Waals surface area contributed by atoms with Crippen LogP contribution in [-0.2, 0) is 28.3 Å². The first-order valence-corrected chi connectivity index (χ1v) is 10.9. The Morgan fingerprint density at radius 2 is 1.79 bits per heavy atom. The van der Waals surface area contributed by atoms with Crippen LogP contribution in [0.4, 0.5) is 0 Å². The summed E-state index contributed by atoms with van der Waals surface area (Å²) < 4.78 is 36.9. The number of methoxy groups -OCH3 is 1. The fourth-order valence-corrected chi connectivity index (χ4v) is 2.78. The lowest BCUT2D eigenvalue weighted by Gasteiger charge is -2.31. The van der Waals surface area contributed by atoms with Gasteiger partial charge in [-0.2, -0.15) is 8.42 Å². The summed E-state index contributed by atoms with van der Waals surface area (Å²) in [4.78, 5) is 11.6. The van der Waals surface area contributed by atoms with Gasteiger partial charge in [-0.3, -0.25) is 4.18 Å². The van der Waals surface area contributed by atoms with Crippen molar-refractivity contribution in [1.29, 1.82) is 0 Å². The molecule has 0 spiro atoms. The summed E-state index contributed by atoms with van der Waals surface area (Å²) in [7, 11) is -4.26. The second-order valence-electron chi connectivity index (χ2n) is 5.20. The Bertz CT molecular complexity index is 390. The highest BCUT2D eigenvalue weighted by atomic mass is 32.2. The van der Waals surface area contributed by atoms with Crippen molar-refractivity contribution in [2.75, 3.05) is 20.0 Å². The molecule has 0 amide bonds. The van der Waals surface area contributed by atoms with Gasteiger partial charge in [0.05, 0.1) is 20.0 Å². The molecular weight excluding hydrogens is 288 g/mol. The molecule has 114 valence electrons. The van der Waals surface area contributed by atoms with E-state index in [-0.39, 0.29) is 13.0 Å². The number of esters is 1. The number of hydrogen-bond donors (Lipinski definition) is 0. The highest BCUT2D eigenvalue weighted by Gasteiger charge is 2.33. The summed E-state index contributed by atoms with van der Waals surface area (Å²) in [5, 5.41) is 0. The normalized spacial score (nSPS) is 14.5. The zero-order valence-electron chi connectivity index (χ0n) is 12.4. The van der Waals surface area contributed by atoms with E-state index < -0.39 is 30.5 Å². The fraction of sp³-hybridized carbons (Fsp3) is 0.909. The lowest BCUT2D eigenvalue weighted by atomic mass is 10.3. The second kappa shape index (κ2) is 7.37. The molecule has 0 unspecified atom stereocenters. The molecule has 0 fully saturated rings. The van der Waals surface area contributed by atoms with Gasteiger partial charge in [0, 0.05) is 6.42 Å². The molecule has 0 radical (unpaired) electrons. The SMILES string of the molecule is COC(=O)[C@H](CCOS(C)(=O)=O)O[Si](C)(C)C(C)C. The van der Waals surface area contributed by atoms with E-state index in [2.05, 4.69) is 8.92 Å². The van der Waals surface area contributed by atoms with Gasteiger partial charge in [0.25, 0.3) is 10.1 Å². The molecule has 0 rings (SSSR count). The van der Waals surface area contributed by atoms with Gasteiger partial charge in [0.1, 0.15) is 6.10 Å². The quantitative estimate of drug-likeness (QED) is 0.384. The molecule has 0 aromatic carbocycles. The van der Waals surface area contributed by atoms with E-state index in [1.165, 1.54) is 7.11 Å². The van der Waals surface area contributed by atoms with E-state index in [9.17, 15) is 13.2 Å². The van der Waals surface area contributed by atoms with E-state index >= 15 is 0 Å². The minimum atomic E-state index is -3.51. The number of ether oxygens (including phenoxy) is 1. The molecule has 8 heteroatoms. The maximum absolute atomic E-state index is 11.6. The molecule has 6 nitrogen and oxygen atoms in total. The largest absolute Gasteiger partial charge is 0.467 e. The first-order valence-electron chi connectivity index (χ1n) is 6.09. The predicted molar refractivity (Wildman–Crippen MR) is 74.9 cm³/mol. The van der Waals surface area contributed by atoms with E-state index in [0.717, 1.165) is 6.26 Å². The number of carbonyl (C=O) groups is 1. The minimum absolute atomic E-state index is 0.0961. The smallest absolute Gasteiger partial charge is 0.333 e. The summed E-state index contributed by atoms with van der Waals surface area (Å²) in [5.41, 5.74) is 0.329. The van der Waals surface area contributed by atoms with Crippen molar-refractivity contribution in [3.8, 4) is 0 Å². The third kappa shape index (κ3) is 7.66. The summed E-state index contributed by atoms with van der Waals surface area (Å²) >= 11 is 0. The van der Waals surface area contributed by atoms with E-state index in [1.807, 2.05) is 26.9 Å². The first kappa shape index (κ1) is 18.6. The summed E-state index contributed by atoms with van der Waals surface area (Å²) in [6, 6.07) is 0. The Balaban J connectivity index is 4.62. The van der Waals surface area contributed by atoms with Crippen LogP contribution in [0, 0.1) is 0 Å². The van der Waals surface area contributed by atoms with Crippen LogP contribution in [0.5, 0.6) is 0 Å². The third-order valence-corrected chi connectivity index (χ3v) is 7.25. The zero-order chi connectivity index (χ0) is 15.3. The van der Waals surface area contributed by atoms with Gasteiger partial charge in [-0.25, -0.2) is 4.79 Å². The van der Waals surface area contributed by atoms with Crippen LogP contribution in [0.2, 0.25) is 18.6 Å². The molecule has 0 aliphatic rings. The van der Waals surface area contributed by atoms with Crippen LogP contribution in [0.15, 0.2) is 0 Å². The second-order valence-corrected chi connectivity index (χ2v) is 11.4. The lowest BCUT2D eigenvalue weighted by Crippen LogP contribution is -2.42. The number of rotatable bonds is 8. The molecule has 0 aromatic heterocycles. The molecule has 0 aromatic rings. The average Bonchev–Trinajstić information content (AvgIpc) is 2.24. The van der Waals surface area contributed by atoms with Crippen molar-refractivity contribution >= 4 is 24.4 Å². The van der Waals surface area contributed by atoms with Gasteiger partial charge in [0.2, 0.25) is 0 Å². The lowest BCUT2D eigenvalue weighted by molar-refractivity contribution is -0.150. The molecule has 0 N–H and O–H groups in total. The maximum atomic E-state index is 11.6. The Hall–Kier alpha value is -0.443. The van der Waals surface area contributed by atoms with Crippen LogP contribution in [-0.4, -0.2) is 48.8 Å². The predicted octanol–water partition coefficient (Wildman–Crippen LogP) is 1.53. The van der Waals surface area contributed by atoms with Crippen LogP contribution < -0.4 is 0 Å². The van der Waals surface area contributed by atoms with Crippen molar-refractivity contribution in [3.63, 3.8) is 0 Å². The molecule has 0 saturated heterocycles. The van der Waals surface area contributed by atoms with Crippen LogP contribution in [0.3, 0.4) is 0 Å². The maximum Gasteiger partial charge on any atom is 0.333 e. The van der Waals surface area contributed by atoms with Crippen molar-refractivity contribution in [3.05, 3.63) is 0 Å². The molecular formula is C11H24O6SSi. The summed E-state index contributed by atoms with van der Waals surface area (Å²) in [5.74, 6) is -0.502. The molecule has 0 bridgehead atoms. The number of hydrogen-bond acceptors (Lipinski definition) is 6. The van der Waals surface area contributed by atoms with E-state index in [4.69, 9.17) is 4.43 Å². The average molecular weight is 312 g/mol. The molecule has 0 aliphatic heterocycles. The summed E-state index contributed by atoms with van der Waals surface area (Å²) in [6.45, 7) is 7.98. The van der Waals surface area contributed by atoms with Crippen molar-refractivity contribution < 1.29 is 26.6 Å². The standard InChI is InChI=1S/C11H24O6SSi/c1-9(2)19(5,6)17-10(11(12)15-3)7-8-16-18(4,13)14/h9-10H,7-8H2,1-6H3/t10-/m0/s1. The van der Waals surface area contributed by atoms with Gasteiger partial charge in [-0.05, 0) is 18.6 Å². The van der Waals surface area contributed by atoms with Crippen LogP contribution >= 0.6 is 0 Å². The van der Waals surface area contributed by atoms with Crippen molar-refractivity contribution in [2.45, 2.75) is 45.0 Å². The highest BCUT2D eigenvalue weighted by Crippen LogP contribution is 2.24. The van der Waals surface area contributed by atoms with Gasteiger partial charge in [-0.15, -0.1) is 0 Å². The van der Waals surface area contributed by atoms with Gasteiger partial charge in [-0.1, -0.05) is 13.8 Å². The highest BCUT2D eigenvalue weighted by molar-refractivity contribution is 7.85. The fourth-order valence-electron chi connectivity index (χ4n) is 1.17. The third-order valence-electron chi connectivity index (χ3n) is 2.98. The minimum Gasteiger partial charge on any atom is -0.467 e. The van der Waals surface area contributed by atoms with Gasteiger partial charge in [0.15, 0.2) is 8.32 Å². The Labute approximate surface area is 116 Å². The Morgan fingerprint density at radius 3 is 2.16 bits per heavy atom. The molecule has 0 aliphatic carbocycles. The first-order chi connectivity index (χ1) is 8.49. The van der Waals surface area contributed by atoms with Crippen LogP contribution in [0.1, 0.15) is 20.3 Å². The van der Waals surface area contributed by atoms with Crippen molar-refractivity contribution in [1.82, 2.24) is 0 Å². The summed E-state index contributed by atoms with van der Waals surface area (Å²) in [6.07, 6.45) is 0.340. The van der Waals surface area contributed by atoms with Crippen molar-refractivity contribution in [2.24, 2.45) is 0 Å². The molecule has 0 heterocycles. The Morgan fingerprint density at radius 1 is 1.26 bits per heavy atom. The zero-order valence-corrected chi connectivity index (χ0v) is 14.2. The van der Waals surface area contributed by atoms with E-state index in [1.54, 1.807) is 0 Å². The topological polar surface area (TPSA) is 78.9 Å². The van der Waals surface area contributed by atoms with E-state index in [0.29, 0.717) is 5.54 Å². The number of carbonyl (C=O) groups excluding carboxylic acids is 1. The molecule has 0 saturated carbocycles. The molecule has 19 heavy (non-hydrogen) atoms.